The number of carbonyl (C=O) groups excluding carboxylic acids is 2. The number of nitrogens with zero attached hydrogens (tertiary/aromatic N) is 1. The molecule has 0 amide bonds. The standard InChI is InChI=1S/C48H92NO8P/c1-6-8-10-12-14-16-18-20-21-22-23-24-25-26-27-29-31-33-35-37-39-41-48(51)57-46(45-56-58(52,53)55-43-42-49(3,4)5)44-54-47(50)40-38-36-34-32-30-28-19-17-15-13-11-9-7-2/h17,19-21,46H,6-16,18,22-45H2,1-5H3/p+1/b19-17-,21-20-/t46-/m1/s1. The van der Waals surface area contributed by atoms with E-state index in [4.69, 9.17) is 18.5 Å². The summed E-state index contributed by atoms with van der Waals surface area (Å²) in [5.41, 5.74) is 0. The fourth-order valence-electron chi connectivity index (χ4n) is 6.65. The number of phosphoric ester groups is 1. The van der Waals surface area contributed by atoms with Gasteiger partial charge in [0.1, 0.15) is 19.8 Å². The average molecular weight is 843 g/mol. The summed E-state index contributed by atoms with van der Waals surface area (Å²) in [7, 11) is 1.48. The van der Waals surface area contributed by atoms with Crippen molar-refractivity contribution in [3.05, 3.63) is 24.3 Å². The van der Waals surface area contributed by atoms with Crippen molar-refractivity contribution in [2.75, 3.05) is 47.5 Å². The molecule has 0 saturated heterocycles. The Morgan fingerprint density at radius 2 is 0.879 bits per heavy atom. The molecule has 0 aliphatic carbocycles. The largest absolute Gasteiger partial charge is 0.472 e. The highest BCUT2D eigenvalue weighted by Gasteiger charge is 2.27. The van der Waals surface area contributed by atoms with E-state index in [2.05, 4.69) is 38.2 Å². The van der Waals surface area contributed by atoms with Gasteiger partial charge in [-0.3, -0.25) is 18.6 Å². The van der Waals surface area contributed by atoms with Crippen molar-refractivity contribution in [2.24, 2.45) is 0 Å². The van der Waals surface area contributed by atoms with Crippen LogP contribution in [0.2, 0.25) is 0 Å². The molecule has 1 unspecified atom stereocenters. The molecule has 342 valence electrons. The molecule has 0 heterocycles. The van der Waals surface area contributed by atoms with Crippen molar-refractivity contribution in [3.63, 3.8) is 0 Å². The minimum Gasteiger partial charge on any atom is -0.462 e. The zero-order chi connectivity index (χ0) is 42.8. The number of hydrogen-bond acceptors (Lipinski definition) is 7. The fraction of sp³-hybridized carbons (Fsp3) is 0.875. The molecule has 9 nitrogen and oxygen atoms in total. The number of rotatable bonds is 44. The third kappa shape index (κ3) is 44.1. The average Bonchev–Trinajstić information content (AvgIpc) is 3.17. The Labute approximate surface area is 358 Å². The number of unbranched alkanes of at least 4 members (excludes halogenated alkanes) is 26. The maximum atomic E-state index is 12.7. The third-order valence-electron chi connectivity index (χ3n) is 10.5. The smallest absolute Gasteiger partial charge is 0.462 e. The van der Waals surface area contributed by atoms with Crippen molar-refractivity contribution in [1.29, 1.82) is 0 Å². The highest BCUT2D eigenvalue weighted by molar-refractivity contribution is 7.47. The lowest BCUT2D eigenvalue weighted by Crippen LogP contribution is -2.37. The summed E-state index contributed by atoms with van der Waals surface area (Å²) in [5, 5.41) is 0. The summed E-state index contributed by atoms with van der Waals surface area (Å²) in [5.74, 6) is -0.803. The molecule has 0 bridgehead atoms. The summed E-state index contributed by atoms with van der Waals surface area (Å²) >= 11 is 0. The van der Waals surface area contributed by atoms with Crippen LogP contribution in [0.4, 0.5) is 0 Å². The minimum atomic E-state index is -4.37. The maximum absolute atomic E-state index is 12.7. The van der Waals surface area contributed by atoms with Gasteiger partial charge in [-0.15, -0.1) is 0 Å². The minimum absolute atomic E-state index is 0.0318. The van der Waals surface area contributed by atoms with Crippen LogP contribution in [0.25, 0.3) is 0 Å². The molecule has 0 aromatic rings. The topological polar surface area (TPSA) is 108 Å². The van der Waals surface area contributed by atoms with Crippen LogP contribution >= 0.6 is 7.82 Å². The first kappa shape index (κ1) is 56.5. The van der Waals surface area contributed by atoms with Gasteiger partial charge in [0.25, 0.3) is 0 Å². The van der Waals surface area contributed by atoms with Gasteiger partial charge in [0, 0.05) is 12.8 Å². The lowest BCUT2D eigenvalue weighted by molar-refractivity contribution is -0.870. The van der Waals surface area contributed by atoms with Crippen LogP contribution in [0.15, 0.2) is 24.3 Å². The van der Waals surface area contributed by atoms with Gasteiger partial charge in [-0.25, -0.2) is 4.57 Å². The highest BCUT2D eigenvalue weighted by atomic mass is 31.2. The Morgan fingerprint density at radius 1 is 0.517 bits per heavy atom. The number of ether oxygens (including phenoxy) is 2. The second-order valence-corrected chi connectivity index (χ2v) is 18.9. The van der Waals surface area contributed by atoms with E-state index in [1.165, 1.54) is 135 Å². The lowest BCUT2D eigenvalue weighted by Gasteiger charge is -2.24. The molecule has 0 saturated carbocycles. The molecule has 2 atom stereocenters. The molecule has 0 aliphatic rings. The molecule has 10 heteroatoms. The first-order chi connectivity index (χ1) is 28.0. The van der Waals surface area contributed by atoms with E-state index < -0.39 is 26.5 Å². The van der Waals surface area contributed by atoms with Crippen LogP contribution in [0, 0.1) is 0 Å². The molecular formula is C48H93NO8P+. The van der Waals surface area contributed by atoms with Crippen molar-refractivity contribution < 1.29 is 42.1 Å². The predicted octanol–water partition coefficient (Wildman–Crippen LogP) is 13.9. The summed E-state index contributed by atoms with van der Waals surface area (Å²) in [6.07, 6.45) is 45.1. The maximum Gasteiger partial charge on any atom is 0.472 e. The van der Waals surface area contributed by atoms with E-state index in [9.17, 15) is 19.0 Å². The van der Waals surface area contributed by atoms with E-state index in [0.29, 0.717) is 17.4 Å². The Morgan fingerprint density at radius 3 is 1.29 bits per heavy atom. The second kappa shape index (κ2) is 40.9. The number of esters is 2. The molecule has 0 rings (SSSR count). The van der Waals surface area contributed by atoms with Gasteiger partial charge >= 0.3 is 19.8 Å². The highest BCUT2D eigenvalue weighted by Crippen LogP contribution is 2.43. The molecule has 0 aromatic heterocycles. The molecule has 0 radical (unpaired) electrons. The molecule has 58 heavy (non-hydrogen) atoms. The Kier molecular flexibility index (Phi) is 39.8. The summed E-state index contributed by atoms with van der Waals surface area (Å²) in [6.45, 7) is 4.41. The van der Waals surface area contributed by atoms with Gasteiger partial charge in [0.15, 0.2) is 6.10 Å². The number of hydrogen-bond donors (Lipinski definition) is 1. The normalized spacial score (nSPS) is 13.7. The quantitative estimate of drug-likeness (QED) is 0.0212. The van der Waals surface area contributed by atoms with Crippen LogP contribution in [0.1, 0.15) is 219 Å². The third-order valence-corrected chi connectivity index (χ3v) is 11.4. The summed E-state index contributed by atoms with van der Waals surface area (Å²) in [4.78, 5) is 35.4. The van der Waals surface area contributed by atoms with Crippen molar-refractivity contribution in [1.82, 2.24) is 0 Å². The van der Waals surface area contributed by atoms with Gasteiger partial charge in [-0.1, -0.05) is 167 Å². The predicted molar refractivity (Wildman–Crippen MR) is 243 cm³/mol. The van der Waals surface area contributed by atoms with Crippen LogP contribution in [0.5, 0.6) is 0 Å². The number of carbonyl (C=O) groups is 2. The van der Waals surface area contributed by atoms with Crippen molar-refractivity contribution in [3.8, 4) is 0 Å². The van der Waals surface area contributed by atoms with E-state index in [0.717, 1.165) is 51.4 Å². The van der Waals surface area contributed by atoms with Gasteiger partial charge in [0.2, 0.25) is 0 Å². The van der Waals surface area contributed by atoms with Crippen LogP contribution in [-0.4, -0.2) is 74.9 Å². The van der Waals surface area contributed by atoms with Crippen molar-refractivity contribution in [2.45, 2.75) is 225 Å². The van der Waals surface area contributed by atoms with Gasteiger partial charge in [-0.05, 0) is 64.2 Å². The summed E-state index contributed by atoms with van der Waals surface area (Å²) < 4.78 is 34.4. The van der Waals surface area contributed by atoms with E-state index in [1.807, 2.05) is 21.1 Å². The van der Waals surface area contributed by atoms with Crippen LogP contribution in [-0.2, 0) is 32.7 Å². The van der Waals surface area contributed by atoms with Gasteiger partial charge in [0.05, 0.1) is 27.7 Å². The van der Waals surface area contributed by atoms with E-state index in [1.54, 1.807) is 0 Å². The Hall–Kier alpha value is -1.51. The van der Waals surface area contributed by atoms with Crippen LogP contribution < -0.4 is 0 Å². The number of likely N-dealkylation sites (N-methyl/N-ethyl adjacent to an activating group) is 1. The molecule has 1 N–H and O–H groups in total. The Balaban J connectivity index is 4.25. The number of phosphoric acid groups is 1. The number of allylic oxidation sites excluding steroid dienone is 4. The van der Waals surface area contributed by atoms with E-state index in [-0.39, 0.29) is 32.0 Å². The molecule has 0 aromatic carbocycles. The first-order valence-corrected chi connectivity index (χ1v) is 25.6. The number of quaternary nitrogens is 1. The van der Waals surface area contributed by atoms with E-state index >= 15 is 0 Å². The lowest BCUT2D eigenvalue weighted by atomic mass is 10.0. The summed E-state index contributed by atoms with van der Waals surface area (Å²) in [6, 6.07) is 0. The molecular weight excluding hydrogens is 750 g/mol. The van der Waals surface area contributed by atoms with Gasteiger partial charge < -0.3 is 18.9 Å². The van der Waals surface area contributed by atoms with Gasteiger partial charge in [-0.2, -0.15) is 0 Å². The molecule has 0 aliphatic heterocycles. The van der Waals surface area contributed by atoms with Crippen LogP contribution in [0.3, 0.4) is 0 Å². The first-order valence-electron chi connectivity index (χ1n) is 24.1. The molecule has 0 spiro atoms. The zero-order valence-corrected chi connectivity index (χ0v) is 39.4. The monoisotopic (exact) mass is 843 g/mol. The fourth-order valence-corrected chi connectivity index (χ4v) is 7.39. The SMILES string of the molecule is CCCCCC/C=C\CCCCCCCC(=O)OC[C@H](COP(=O)(O)OCC[N+](C)(C)C)OC(=O)CCCCCCCCCCCCC/C=C\CCCCCCCC. The Bertz CT molecular complexity index is 1040. The second-order valence-electron chi connectivity index (χ2n) is 17.5. The van der Waals surface area contributed by atoms with Crippen molar-refractivity contribution >= 4 is 19.8 Å². The molecule has 0 fully saturated rings. The zero-order valence-electron chi connectivity index (χ0n) is 38.5.